The highest BCUT2D eigenvalue weighted by atomic mass is 16.2. The van der Waals surface area contributed by atoms with Crippen LogP contribution in [0.1, 0.15) is 39.8 Å². The van der Waals surface area contributed by atoms with E-state index in [9.17, 15) is 4.79 Å². The first-order valence-corrected chi connectivity index (χ1v) is 7.55. The topological polar surface area (TPSA) is 76.8 Å². The minimum atomic E-state index is -0.0816. The van der Waals surface area contributed by atoms with Gasteiger partial charge in [0.25, 0.3) is 0 Å². The maximum atomic E-state index is 12.1. The molecule has 0 aliphatic rings. The van der Waals surface area contributed by atoms with E-state index in [1.807, 2.05) is 37.7 Å². The number of carbonyl (C=O) groups is 1. The Morgan fingerprint density at radius 3 is 2.64 bits per heavy atom. The molecule has 2 heterocycles. The van der Waals surface area contributed by atoms with E-state index in [1.165, 1.54) is 0 Å². The zero-order chi connectivity index (χ0) is 16.1. The van der Waals surface area contributed by atoms with Crippen molar-refractivity contribution in [1.82, 2.24) is 24.9 Å². The number of hydrogen-bond acceptors (Lipinski definition) is 4. The normalized spacial score (nSPS) is 14.0. The third-order valence-electron chi connectivity index (χ3n) is 3.68. The Labute approximate surface area is 130 Å². The predicted molar refractivity (Wildman–Crippen MR) is 85.6 cm³/mol. The molecule has 2 rings (SSSR count). The van der Waals surface area contributed by atoms with Gasteiger partial charge in [-0.3, -0.25) is 9.48 Å². The van der Waals surface area contributed by atoms with Crippen LogP contribution in [0.25, 0.3) is 0 Å². The van der Waals surface area contributed by atoms with Gasteiger partial charge in [-0.1, -0.05) is 0 Å². The van der Waals surface area contributed by atoms with Crippen molar-refractivity contribution in [3.63, 3.8) is 0 Å². The lowest BCUT2D eigenvalue weighted by atomic mass is 10.2. The van der Waals surface area contributed by atoms with Gasteiger partial charge in [-0.15, -0.1) is 0 Å². The Morgan fingerprint density at radius 1 is 1.23 bits per heavy atom. The van der Waals surface area contributed by atoms with Crippen LogP contribution in [-0.2, 0) is 4.79 Å². The summed E-state index contributed by atoms with van der Waals surface area (Å²) < 4.78 is 3.66. The van der Waals surface area contributed by atoms with Crippen LogP contribution in [0, 0.1) is 0 Å². The SMILES string of the molecule is CC(C)n1nccc1NC(=O)CN[C@@H](C)[C@H](C)n1cccn1. The van der Waals surface area contributed by atoms with Crippen LogP contribution >= 0.6 is 0 Å². The number of nitrogens with one attached hydrogen (secondary N) is 2. The average Bonchev–Trinajstić information content (AvgIpc) is 3.14. The maximum Gasteiger partial charge on any atom is 0.239 e. The molecule has 0 aliphatic heterocycles. The van der Waals surface area contributed by atoms with Crippen molar-refractivity contribution in [2.45, 2.75) is 45.8 Å². The summed E-state index contributed by atoms with van der Waals surface area (Å²) >= 11 is 0. The van der Waals surface area contributed by atoms with Crippen molar-refractivity contribution in [3.8, 4) is 0 Å². The lowest BCUT2D eigenvalue weighted by Gasteiger charge is -2.21. The fourth-order valence-corrected chi connectivity index (χ4v) is 2.19. The lowest BCUT2D eigenvalue weighted by molar-refractivity contribution is -0.115. The summed E-state index contributed by atoms with van der Waals surface area (Å²) in [5.41, 5.74) is 0. The zero-order valence-corrected chi connectivity index (χ0v) is 13.5. The monoisotopic (exact) mass is 304 g/mol. The second-order valence-corrected chi connectivity index (χ2v) is 5.70. The molecule has 0 saturated carbocycles. The molecule has 0 spiro atoms. The molecule has 2 aromatic heterocycles. The molecule has 2 aromatic rings. The van der Waals surface area contributed by atoms with Gasteiger partial charge >= 0.3 is 0 Å². The third kappa shape index (κ3) is 3.94. The van der Waals surface area contributed by atoms with E-state index in [-0.39, 0.29) is 30.6 Å². The number of carbonyl (C=O) groups excluding carboxylic acids is 1. The highest BCUT2D eigenvalue weighted by Gasteiger charge is 2.15. The maximum absolute atomic E-state index is 12.1. The summed E-state index contributed by atoms with van der Waals surface area (Å²) in [5.74, 6) is 0.636. The molecule has 0 aromatic carbocycles. The van der Waals surface area contributed by atoms with E-state index in [0.717, 1.165) is 5.82 Å². The van der Waals surface area contributed by atoms with Crippen molar-refractivity contribution in [2.24, 2.45) is 0 Å². The number of aromatic nitrogens is 4. The van der Waals surface area contributed by atoms with Gasteiger partial charge in [0, 0.05) is 30.5 Å². The van der Waals surface area contributed by atoms with Gasteiger partial charge in [-0.05, 0) is 33.8 Å². The molecule has 120 valence electrons. The molecule has 0 radical (unpaired) electrons. The highest BCUT2D eigenvalue weighted by Crippen LogP contribution is 2.13. The summed E-state index contributed by atoms with van der Waals surface area (Å²) in [6.07, 6.45) is 5.36. The summed E-state index contributed by atoms with van der Waals surface area (Å²) in [5, 5.41) is 14.5. The van der Waals surface area contributed by atoms with E-state index >= 15 is 0 Å². The van der Waals surface area contributed by atoms with E-state index in [0.29, 0.717) is 0 Å². The van der Waals surface area contributed by atoms with Gasteiger partial charge < -0.3 is 10.6 Å². The van der Waals surface area contributed by atoms with Crippen LogP contribution in [0.5, 0.6) is 0 Å². The first-order chi connectivity index (χ1) is 10.5. The zero-order valence-electron chi connectivity index (χ0n) is 13.5. The minimum absolute atomic E-state index is 0.0816. The van der Waals surface area contributed by atoms with Crippen LogP contribution in [0.2, 0.25) is 0 Å². The molecule has 7 nitrogen and oxygen atoms in total. The molecular formula is C15H24N6O. The van der Waals surface area contributed by atoms with Crippen LogP contribution in [0.15, 0.2) is 30.7 Å². The third-order valence-corrected chi connectivity index (χ3v) is 3.68. The molecular weight excluding hydrogens is 280 g/mol. The summed E-state index contributed by atoms with van der Waals surface area (Å²) in [6, 6.07) is 4.19. The number of hydrogen-bond donors (Lipinski definition) is 2. The number of amides is 1. The van der Waals surface area contributed by atoms with Gasteiger partial charge in [-0.2, -0.15) is 10.2 Å². The van der Waals surface area contributed by atoms with Gasteiger partial charge in [0.2, 0.25) is 5.91 Å². The average molecular weight is 304 g/mol. The van der Waals surface area contributed by atoms with Crippen LogP contribution in [0.4, 0.5) is 5.82 Å². The van der Waals surface area contributed by atoms with Crippen LogP contribution in [-0.4, -0.2) is 38.1 Å². The second-order valence-electron chi connectivity index (χ2n) is 5.70. The van der Waals surface area contributed by atoms with Gasteiger partial charge in [0.1, 0.15) is 5.82 Å². The van der Waals surface area contributed by atoms with Crippen molar-refractivity contribution in [3.05, 3.63) is 30.7 Å². The highest BCUT2D eigenvalue weighted by molar-refractivity contribution is 5.91. The summed E-state index contributed by atoms with van der Waals surface area (Å²) in [4.78, 5) is 12.1. The van der Waals surface area contributed by atoms with E-state index in [1.54, 1.807) is 23.1 Å². The van der Waals surface area contributed by atoms with Gasteiger partial charge in [0.05, 0.1) is 18.8 Å². The smallest absolute Gasteiger partial charge is 0.239 e. The fraction of sp³-hybridized carbons (Fsp3) is 0.533. The van der Waals surface area contributed by atoms with E-state index in [2.05, 4.69) is 27.8 Å². The quantitative estimate of drug-likeness (QED) is 0.818. The number of anilines is 1. The Balaban J connectivity index is 1.83. The molecule has 22 heavy (non-hydrogen) atoms. The Kier molecular flexibility index (Phi) is 5.32. The van der Waals surface area contributed by atoms with Crippen molar-refractivity contribution < 1.29 is 4.79 Å². The molecule has 2 N–H and O–H groups in total. The van der Waals surface area contributed by atoms with Crippen LogP contribution in [0.3, 0.4) is 0 Å². The van der Waals surface area contributed by atoms with E-state index in [4.69, 9.17) is 0 Å². The Hall–Kier alpha value is -2.15. The molecule has 0 fully saturated rings. The molecule has 7 heteroatoms. The van der Waals surface area contributed by atoms with Crippen LogP contribution < -0.4 is 10.6 Å². The molecule has 0 saturated heterocycles. The Morgan fingerprint density at radius 2 is 2.00 bits per heavy atom. The predicted octanol–water partition coefficient (Wildman–Crippen LogP) is 1.84. The van der Waals surface area contributed by atoms with Gasteiger partial charge in [0.15, 0.2) is 0 Å². The minimum Gasteiger partial charge on any atom is -0.310 e. The summed E-state index contributed by atoms with van der Waals surface area (Å²) in [6.45, 7) is 8.40. The van der Waals surface area contributed by atoms with Crippen molar-refractivity contribution in [2.75, 3.05) is 11.9 Å². The largest absolute Gasteiger partial charge is 0.310 e. The van der Waals surface area contributed by atoms with Crippen molar-refractivity contribution >= 4 is 11.7 Å². The molecule has 0 aliphatic carbocycles. The first kappa shape index (κ1) is 16.2. The molecule has 0 bridgehead atoms. The molecule has 1 amide bonds. The van der Waals surface area contributed by atoms with E-state index < -0.39 is 0 Å². The first-order valence-electron chi connectivity index (χ1n) is 7.55. The molecule has 0 unspecified atom stereocenters. The Bertz CT molecular complexity index is 589. The fourth-order valence-electron chi connectivity index (χ4n) is 2.19. The lowest BCUT2D eigenvalue weighted by Crippen LogP contribution is -2.39. The molecule has 2 atom stereocenters. The van der Waals surface area contributed by atoms with Gasteiger partial charge in [-0.25, -0.2) is 4.68 Å². The van der Waals surface area contributed by atoms with Crippen molar-refractivity contribution in [1.29, 1.82) is 0 Å². The standard InChI is InChI=1S/C15H24N6O/c1-11(2)21-14(6-8-18-21)19-15(22)10-16-12(3)13(4)20-9-5-7-17-20/h5-9,11-13,16H,10H2,1-4H3,(H,19,22)/t12-,13-/m0/s1. The number of rotatable bonds is 7. The second kappa shape index (κ2) is 7.22. The number of nitrogens with zero attached hydrogens (tertiary/aromatic N) is 4. The summed E-state index contributed by atoms with van der Waals surface area (Å²) in [7, 11) is 0.